The van der Waals surface area contributed by atoms with Crippen LogP contribution in [0, 0.1) is 10.1 Å². The predicted octanol–water partition coefficient (Wildman–Crippen LogP) is 2.12. The summed E-state index contributed by atoms with van der Waals surface area (Å²) in [6.45, 7) is 2.44. The molecule has 2 fully saturated rings. The van der Waals surface area contributed by atoms with E-state index in [1.807, 2.05) is 4.90 Å². The molecule has 2 aliphatic heterocycles. The largest absolute Gasteiger partial charge is 0.466 e. The van der Waals surface area contributed by atoms with Gasteiger partial charge in [-0.25, -0.2) is 4.79 Å². The molecule has 25 heavy (non-hydrogen) atoms. The maximum absolute atomic E-state index is 11.5. The van der Waals surface area contributed by atoms with Gasteiger partial charge in [-0.2, -0.15) is 0 Å². The molecule has 0 saturated carbocycles. The first kappa shape index (κ1) is 17.4. The van der Waals surface area contributed by atoms with E-state index >= 15 is 0 Å². The number of anilines is 1. The maximum Gasteiger partial charge on any atom is 0.330 e. The lowest BCUT2D eigenvalue weighted by Crippen LogP contribution is -2.45. The maximum atomic E-state index is 11.5. The molecule has 0 unspecified atom stereocenters. The van der Waals surface area contributed by atoms with Gasteiger partial charge in [-0.3, -0.25) is 10.1 Å². The molecule has 0 aliphatic carbocycles. The third kappa shape index (κ3) is 3.80. The Hall–Kier alpha value is -2.45. The molecule has 8 nitrogen and oxygen atoms in total. The Morgan fingerprint density at radius 2 is 2.00 bits per heavy atom. The minimum atomic E-state index is -0.519. The van der Waals surface area contributed by atoms with E-state index in [9.17, 15) is 14.9 Å². The Kier molecular flexibility index (Phi) is 5.00. The van der Waals surface area contributed by atoms with Crippen LogP contribution in [0.2, 0.25) is 0 Å². The van der Waals surface area contributed by atoms with Crippen molar-refractivity contribution in [2.24, 2.45) is 0 Å². The van der Waals surface area contributed by atoms with E-state index in [1.165, 1.54) is 25.3 Å². The minimum Gasteiger partial charge on any atom is -0.466 e. The molecule has 134 valence electrons. The molecule has 0 aromatic heterocycles. The highest BCUT2D eigenvalue weighted by Gasteiger charge is 2.40. The van der Waals surface area contributed by atoms with Crippen molar-refractivity contribution in [3.8, 4) is 0 Å². The summed E-state index contributed by atoms with van der Waals surface area (Å²) in [5.41, 5.74) is 1.14. The molecule has 1 aromatic carbocycles. The highest BCUT2D eigenvalue weighted by molar-refractivity contribution is 5.87. The number of rotatable bonds is 4. The zero-order valence-corrected chi connectivity index (χ0v) is 14.0. The summed E-state index contributed by atoms with van der Waals surface area (Å²) in [5.74, 6) is -1.03. The van der Waals surface area contributed by atoms with E-state index in [1.54, 1.807) is 12.1 Å². The molecule has 0 N–H and O–H groups in total. The number of benzene rings is 1. The van der Waals surface area contributed by atoms with Crippen LogP contribution in [0.3, 0.4) is 0 Å². The van der Waals surface area contributed by atoms with Crippen molar-refractivity contribution in [3.05, 3.63) is 40.0 Å². The fraction of sp³-hybridized carbons (Fsp3) is 0.471. The molecule has 1 spiro atoms. The summed E-state index contributed by atoms with van der Waals surface area (Å²) in [7, 11) is 1.28. The number of esters is 1. The summed E-state index contributed by atoms with van der Waals surface area (Å²) in [6, 6.07) is 4.92. The van der Waals surface area contributed by atoms with Gasteiger partial charge in [0, 0.05) is 38.1 Å². The molecule has 2 saturated heterocycles. The SMILES string of the molecule is COC(=O)C=Cc1ccc(N2CCC3(CC2)OCCO3)c([N+](=O)[O-])c1. The number of carbonyl (C=O) groups is 1. The quantitative estimate of drug-likeness (QED) is 0.356. The van der Waals surface area contributed by atoms with Crippen LogP contribution >= 0.6 is 0 Å². The van der Waals surface area contributed by atoms with Crippen LogP contribution < -0.4 is 4.90 Å². The van der Waals surface area contributed by atoms with E-state index in [2.05, 4.69) is 4.74 Å². The number of nitro groups is 1. The molecule has 2 heterocycles. The Bertz CT molecular complexity index is 686. The van der Waals surface area contributed by atoms with Crippen LogP contribution in [0.5, 0.6) is 0 Å². The summed E-state index contributed by atoms with van der Waals surface area (Å²) in [4.78, 5) is 24.2. The average molecular weight is 348 g/mol. The van der Waals surface area contributed by atoms with Gasteiger partial charge in [0.25, 0.3) is 5.69 Å². The first-order valence-electron chi connectivity index (χ1n) is 8.10. The van der Waals surface area contributed by atoms with Crippen molar-refractivity contribution in [1.29, 1.82) is 0 Å². The lowest BCUT2D eigenvalue weighted by atomic mass is 10.0. The number of piperidine rings is 1. The van der Waals surface area contributed by atoms with Gasteiger partial charge in [-0.05, 0) is 17.7 Å². The highest BCUT2D eigenvalue weighted by Crippen LogP contribution is 2.36. The van der Waals surface area contributed by atoms with Gasteiger partial charge in [0.15, 0.2) is 5.79 Å². The topological polar surface area (TPSA) is 91.1 Å². The van der Waals surface area contributed by atoms with E-state index in [-0.39, 0.29) is 5.69 Å². The Balaban J connectivity index is 1.78. The van der Waals surface area contributed by atoms with Crippen LogP contribution in [0.15, 0.2) is 24.3 Å². The molecular weight excluding hydrogens is 328 g/mol. The summed E-state index contributed by atoms with van der Waals surface area (Å²) >= 11 is 0. The molecule has 0 amide bonds. The van der Waals surface area contributed by atoms with E-state index in [0.717, 1.165) is 0 Å². The minimum absolute atomic E-state index is 0.0104. The monoisotopic (exact) mass is 348 g/mol. The fourth-order valence-electron chi connectivity index (χ4n) is 3.16. The number of nitrogens with zero attached hydrogens (tertiary/aromatic N) is 2. The van der Waals surface area contributed by atoms with Crippen molar-refractivity contribution < 1.29 is 23.9 Å². The predicted molar refractivity (Wildman–Crippen MR) is 90.2 cm³/mol. The number of nitro benzene ring substituents is 1. The van der Waals surface area contributed by atoms with Gasteiger partial charge in [-0.1, -0.05) is 6.07 Å². The number of hydrogen-bond donors (Lipinski definition) is 0. The third-order valence-electron chi connectivity index (χ3n) is 4.49. The van der Waals surface area contributed by atoms with Crippen LogP contribution in [-0.2, 0) is 19.0 Å². The average Bonchev–Trinajstić information content (AvgIpc) is 3.08. The van der Waals surface area contributed by atoms with Crippen LogP contribution in [0.1, 0.15) is 18.4 Å². The van der Waals surface area contributed by atoms with Gasteiger partial charge >= 0.3 is 5.97 Å². The molecular formula is C17H20N2O6. The second kappa shape index (κ2) is 7.20. The molecule has 2 aliphatic rings. The Labute approximate surface area is 145 Å². The van der Waals surface area contributed by atoms with Crippen molar-refractivity contribution in [3.63, 3.8) is 0 Å². The third-order valence-corrected chi connectivity index (χ3v) is 4.49. The zero-order chi connectivity index (χ0) is 17.9. The molecule has 3 rings (SSSR count). The van der Waals surface area contributed by atoms with E-state index in [0.29, 0.717) is 50.4 Å². The summed E-state index contributed by atoms with van der Waals surface area (Å²) < 4.78 is 15.9. The van der Waals surface area contributed by atoms with Gasteiger partial charge in [0.05, 0.1) is 25.2 Å². The van der Waals surface area contributed by atoms with Gasteiger partial charge < -0.3 is 19.1 Å². The Morgan fingerprint density at radius 3 is 2.60 bits per heavy atom. The highest BCUT2D eigenvalue weighted by atomic mass is 16.7. The van der Waals surface area contributed by atoms with Crippen LogP contribution in [0.4, 0.5) is 11.4 Å². The molecule has 1 aromatic rings. The lowest BCUT2D eigenvalue weighted by Gasteiger charge is -2.38. The summed E-state index contributed by atoms with van der Waals surface area (Å²) in [6.07, 6.45) is 4.08. The van der Waals surface area contributed by atoms with Crippen LogP contribution in [0.25, 0.3) is 6.08 Å². The second-order valence-corrected chi connectivity index (χ2v) is 5.96. The molecule has 0 atom stereocenters. The molecule has 0 bridgehead atoms. The van der Waals surface area contributed by atoms with Gasteiger partial charge in [0.1, 0.15) is 5.69 Å². The Morgan fingerprint density at radius 1 is 1.32 bits per heavy atom. The molecule has 8 heteroatoms. The first-order chi connectivity index (χ1) is 12.0. The number of methoxy groups -OCH3 is 1. The number of ether oxygens (including phenoxy) is 3. The second-order valence-electron chi connectivity index (χ2n) is 5.96. The number of hydrogen-bond acceptors (Lipinski definition) is 7. The van der Waals surface area contributed by atoms with Gasteiger partial charge in [-0.15, -0.1) is 0 Å². The normalized spacial score (nSPS) is 19.5. The standard InChI is InChI=1S/C17H20N2O6/c1-23-16(20)5-3-13-2-4-14(15(12-13)19(21)22)18-8-6-17(7-9-18)24-10-11-25-17/h2-5,12H,6-11H2,1H3. The van der Waals surface area contributed by atoms with E-state index in [4.69, 9.17) is 9.47 Å². The van der Waals surface area contributed by atoms with Crippen molar-refractivity contribution >= 4 is 23.4 Å². The van der Waals surface area contributed by atoms with Crippen LogP contribution in [-0.4, -0.2) is 50.1 Å². The number of carbonyl (C=O) groups excluding carboxylic acids is 1. The van der Waals surface area contributed by atoms with Crippen molar-refractivity contribution in [2.45, 2.75) is 18.6 Å². The lowest BCUT2D eigenvalue weighted by molar-refractivity contribution is -0.384. The van der Waals surface area contributed by atoms with Gasteiger partial charge in [0.2, 0.25) is 0 Å². The first-order valence-corrected chi connectivity index (χ1v) is 8.10. The fourth-order valence-corrected chi connectivity index (χ4v) is 3.16. The zero-order valence-electron chi connectivity index (χ0n) is 14.0. The van der Waals surface area contributed by atoms with Crippen molar-refractivity contribution in [2.75, 3.05) is 38.3 Å². The van der Waals surface area contributed by atoms with E-state index < -0.39 is 16.7 Å². The summed E-state index contributed by atoms with van der Waals surface area (Å²) in [5, 5.41) is 11.5. The van der Waals surface area contributed by atoms with Crippen molar-refractivity contribution in [1.82, 2.24) is 0 Å². The smallest absolute Gasteiger partial charge is 0.330 e. The molecule has 0 radical (unpaired) electrons.